The number of anilines is 1. The first kappa shape index (κ1) is 23.2. The van der Waals surface area contributed by atoms with Crippen LogP contribution in [-0.4, -0.2) is 43.8 Å². The van der Waals surface area contributed by atoms with Crippen LogP contribution in [0.1, 0.15) is 78.6 Å². The van der Waals surface area contributed by atoms with Crippen LogP contribution in [-0.2, 0) is 13.0 Å². The number of ketones is 1. The van der Waals surface area contributed by atoms with Gasteiger partial charge in [0.1, 0.15) is 5.82 Å². The van der Waals surface area contributed by atoms with Gasteiger partial charge in [-0.05, 0) is 62.6 Å². The molecule has 2 aliphatic rings. The van der Waals surface area contributed by atoms with E-state index < -0.39 is 0 Å². The molecule has 3 aromatic rings. The molecule has 1 fully saturated rings. The Balaban J connectivity index is 0.000000214. The Morgan fingerprint density at radius 2 is 2.00 bits per heavy atom. The van der Waals surface area contributed by atoms with Crippen molar-refractivity contribution in [3.05, 3.63) is 58.3 Å². The van der Waals surface area contributed by atoms with Crippen molar-refractivity contribution in [3.8, 4) is 0 Å². The second-order valence-electron chi connectivity index (χ2n) is 9.96. The molecule has 176 valence electrons. The van der Waals surface area contributed by atoms with Crippen LogP contribution < -0.4 is 4.90 Å². The lowest BCUT2D eigenvalue weighted by molar-refractivity contribution is 0.101. The molecule has 0 aromatic carbocycles. The number of hydrogen-bond acceptors (Lipinski definition) is 5. The first-order valence-electron chi connectivity index (χ1n) is 12.0. The molecule has 7 nitrogen and oxygen atoms in total. The number of nitrogens with zero attached hydrogens (tertiary/aromatic N) is 5. The average molecular weight is 449 g/mol. The van der Waals surface area contributed by atoms with Gasteiger partial charge in [-0.15, -0.1) is 0 Å². The van der Waals surface area contributed by atoms with Gasteiger partial charge in [-0.3, -0.25) is 14.6 Å². The van der Waals surface area contributed by atoms with Crippen molar-refractivity contribution in [2.24, 2.45) is 11.8 Å². The molecule has 1 aliphatic heterocycles. The number of carbonyl (C=O) groups is 1. The van der Waals surface area contributed by atoms with E-state index in [0.29, 0.717) is 18.0 Å². The predicted octanol–water partition coefficient (Wildman–Crippen LogP) is 4.70. The van der Waals surface area contributed by atoms with E-state index in [1.165, 1.54) is 29.8 Å². The van der Waals surface area contributed by atoms with Gasteiger partial charge in [-0.1, -0.05) is 26.8 Å². The zero-order chi connectivity index (χ0) is 23.7. The van der Waals surface area contributed by atoms with Crippen molar-refractivity contribution in [3.63, 3.8) is 0 Å². The van der Waals surface area contributed by atoms with Crippen molar-refractivity contribution in [2.75, 3.05) is 18.0 Å². The summed E-state index contributed by atoms with van der Waals surface area (Å²) in [7, 11) is 0. The molecule has 1 atom stereocenters. The summed E-state index contributed by atoms with van der Waals surface area (Å²) in [6, 6.07) is 4.21. The smallest absolute Gasteiger partial charge is 0.162 e. The molecule has 0 radical (unpaired) electrons. The van der Waals surface area contributed by atoms with Crippen LogP contribution in [0.4, 0.5) is 5.82 Å². The quantitative estimate of drug-likeness (QED) is 0.573. The Morgan fingerprint density at radius 1 is 1.24 bits per heavy atom. The number of rotatable bonds is 5. The van der Waals surface area contributed by atoms with Gasteiger partial charge in [0.2, 0.25) is 0 Å². The van der Waals surface area contributed by atoms with Crippen LogP contribution in [0.3, 0.4) is 0 Å². The number of aryl methyl sites for hydroxylation is 2. The van der Waals surface area contributed by atoms with E-state index in [1.54, 1.807) is 24.0 Å². The summed E-state index contributed by atoms with van der Waals surface area (Å²) in [6.45, 7) is 15.3. The fraction of sp³-hybridized carbons (Fsp3) is 0.538. The topological polar surface area (TPSA) is 79.7 Å². The normalized spacial score (nSPS) is 17.5. The number of Topliss-reactive ketones (excluding diaryl/α,β-unsaturated/α-hetero) is 1. The minimum Gasteiger partial charge on any atom is -0.356 e. The van der Waals surface area contributed by atoms with Gasteiger partial charge in [0.05, 0.1) is 24.0 Å². The van der Waals surface area contributed by atoms with E-state index in [1.807, 2.05) is 6.92 Å². The fourth-order valence-electron chi connectivity index (χ4n) is 4.54. The van der Waals surface area contributed by atoms with Crippen molar-refractivity contribution < 1.29 is 4.79 Å². The van der Waals surface area contributed by atoms with E-state index in [-0.39, 0.29) is 5.78 Å². The van der Waals surface area contributed by atoms with Gasteiger partial charge in [0.15, 0.2) is 5.78 Å². The number of nitrogens with one attached hydrogen (secondary N) is 1. The van der Waals surface area contributed by atoms with E-state index >= 15 is 0 Å². The molecule has 5 rings (SSSR count). The molecule has 1 N–H and O–H groups in total. The fourth-order valence-corrected chi connectivity index (χ4v) is 4.54. The molecular formula is C26H36N6O. The van der Waals surface area contributed by atoms with Crippen molar-refractivity contribution in [2.45, 2.75) is 66.8 Å². The molecule has 4 heterocycles. The van der Waals surface area contributed by atoms with Crippen LogP contribution in [0.5, 0.6) is 0 Å². The standard InChI is InChI=1S/C18H24N4O.C8H12N2/c1-12(2)17-8-21(9-17)18-6-5-15(13(3)20-18)10-22-11-16(7-19-22)14(4)23;1-5-3-4-7-6(2)9-10-8(5)7/h5-7,11-12,17H,8-10H2,1-4H3;5H,3-4H2,1-2H3,(H,9,10). The number of fused-ring (bicyclic) bond motifs is 1. The molecule has 7 heteroatoms. The third kappa shape index (κ3) is 5.02. The van der Waals surface area contributed by atoms with Crippen molar-refractivity contribution in [1.29, 1.82) is 0 Å². The van der Waals surface area contributed by atoms with E-state index in [0.717, 1.165) is 42.0 Å². The summed E-state index contributed by atoms with van der Waals surface area (Å²) in [4.78, 5) is 18.4. The lowest BCUT2D eigenvalue weighted by Gasteiger charge is -2.42. The maximum absolute atomic E-state index is 11.3. The molecule has 0 amide bonds. The van der Waals surface area contributed by atoms with Crippen LogP contribution >= 0.6 is 0 Å². The lowest BCUT2D eigenvalue weighted by Crippen LogP contribution is -2.49. The van der Waals surface area contributed by atoms with Crippen LogP contribution in [0.25, 0.3) is 0 Å². The molecule has 1 aliphatic carbocycles. The van der Waals surface area contributed by atoms with Gasteiger partial charge in [-0.25, -0.2) is 4.98 Å². The maximum atomic E-state index is 11.3. The van der Waals surface area contributed by atoms with E-state index in [9.17, 15) is 4.79 Å². The van der Waals surface area contributed by atoms with Gasteiger partial charge in [-0.2, -0.15) is 10.2 Å². The zero-order valence-corrected chi connectivity index (χ0v) is 20.7. The zero-order valence-electron chi connectivity index (χ0n) is 20.7. The van der Waals surface area contributed by atoms with Gasteiger partial charge < -0.3 is 4.90 Å². The summed E-state index contributed by atoms with van der Waals surface area (Å²) in [5.74, 6) is 3.31. The molecule has 1 saturated heterocycles. The minimum absolute atomic E-state index is 0.0407. The number of aromatic amines is 1. The van der Waals surface area contributed by atoms with Crippen molar-refractivity contribution in [1.82, 2.24) is 25.0 Å². The summed E-state index contributed by atoms with van der Waals surface area (Å²) >= 11 is 0. The molecule has 3 aromatic heterocycles. The number of aromatic nitrogens is 5. The largest absolute Gasteiger partial charge is 0.356 e. The summed E-state index contributed by atoms with van der Waals surface area (Å²) in [5.41, 5.74) is 6.83. The number of pyridine rings is 1. The highest BCUT2D eigenvalue weighted by Crippen LogP contribution is 2.32. The van der Waals surface area contributed by atoms with Gasteiger partial charge in [0.25, 0.3) is 0 Å². The van der Waals surface area contributed by atoms with Gasteiger partial charge in [0, 0.05) is 36.6 Å². The molecule has 1 unspecified atom stereocenters. The molecule has 0 saturated carbocycles. The van der Waals surface area contributed by atoms with Crippen molar-refractivity contribution >= 4 is 11.6 Å². The first-order chi connectivity index (χ1) is 15.7. The highest BCUT2D eigenvalue weighted by atomic mass is 16.1. The van der Waals surface area contributed by atoms with E-state index in [2.05, 4.69) is 60.0 Å². The Hall–Kier alpha value is -2.96. The van der Waals surface area contributed by atoms with Crippen LogP contribution in [0, 0.1) is 25.7 Å². The first-order valence-corrected chi connectivity index (χ1v) is 12.0. The Morgan fingerprint density at radius 3 is 2.61 bits per heavy atom. The average Bonchev–Trinajstić information content (AvgIpc) is 3.43. The monoisotopic (exact) mass is 448 g/mol. The third-order valence-corrected chi connectivity index (χ3v) is 7.13. The highest BCUT2D eigenvalue weighted by molar-refractivity contribution is 5.93. The summed E-state index contributed by atoms with van der Waals surface area (Å²) < 4.78 is 1.79. The molecule has 33 heavy (non-hydrogen) atoms. The number of hydrogen-bond donors (Lipinski definition) is 1. The van der Waals surface area contributed by atoms with Crippen LogP contribution in [0.15, 0.2) is 24.5 Å². The van der Waals surface area contributed by atoms with Crippen LogP contribution in [0.2, 0.25) is 0 Å². The second-order valence-corrected chi connectivity index (χ2v) is 9.96. The molecular weight excluding hydrogens is 412 g/mol. The Labute approximate surface area is 196 Å². The van der Waals surface area contributed by atoms with Gasteiger partial charge >= 0.3 is 0 Å². The maximum Gasteiger partial charge on any atom is 0.162 e. The number of carbonyl (C=O) groups excluding carboxylic acids is 1. The summed E-state index contributed by atoms with van der Waals surface area (Å²) in [6.07, 6.45) is 5.91. The third-order valence-electron chi connectivity index (χ3n) is 7.13. The minimum atomic E-state index is 0.0407. The Bertz CT molecular complexity index is 1120. The Kier molecular flexibility index (Phi) is 6.68. The highest BCUT2D eigenvalue weighted by Gasteiger charge is 2.30. The lowest BCUT2D eigenvalue weighted by atomic mass is 9.88. The second kappa shape index (κ2) is 9.49. The summed E-state index contributed by atoms with van der Waals surface area (Å²) in [5, 5.41) is 11.5. The SMILES string of the molecule is CC(=O)c1cnn(Cc2ccc(N3CC(C(C)C)C3)nc2C)c1.Cc1[nH]nc2c1CCC2C. The predicted molar refractivity (Wildman–Crippen MR) is 131 cm³/mol. The number of H-pyrrole nitrogens is 1. The molecule has 0 bridgehead atoms. The molecule has 0 spiro atoms. The van der Waals surface area contributed by atoms with E-state index in [4.69, 9.17) is 4.98 Å².